The van der Waals surface area contributed by atoms with E-state index in [1.807, 2.05) is 12.1 Å². The number of aromatic hydroxyl groups is 1. The first-order valence-electron chi connectivity index (χ1n) is 7.85. The second-order valence-corrected chi connectivity index (χ2v) is 6.11. The zero-order valence-electron chi connectivity index (χ0n) is 12.3. The molecular weight excluding hydrogens is 258 g/mol. The third-order valence-corrected chi connectivity index (χ3v) is 4.07. The Balaban J connectivity index is 1.65. The van der Waals surface area contributed by atoms with Gasteiger partial charge in [-0.1, -0.05) is 42.5 Å². The first-order chi connectivity index (χ1) is 10.3. The largest absolute Gasteiger partial charge is 0.508 e. The molecule has 0 amide bonds. The zero-order chi connectivity index (χ0) is 14.5. The predicted octanol–water partition coefficient (Wildman–Crippen LogP) is 3.55. The minimum atomic E-state index is 0.362. The lowest BCUT2D eigenvalue weighted by atomic mass is 9.92. The molecule has 1 atom stereocenters. The number of hydrogen-bond acceptors (Lipinski definition) is 2. The molecule has 0 spiro atoms. The number of phenolic OH excluding ortho intramolecular Hbond substituents is 1. The molecular formula is C19H23NO. The van der Waals surface area contributed by atoms with Crippen LogP contribution in [-0.2, 0) is 12.8 Å². The third kappa shape index (κ3) is 4.61. The van der Waals surface area contributed by atoms with Crippen LogP contribution in [0.15, 0.2) is 54.6 Å². The summed E-state index contributed by atoms with van der Waals surface area (Å²) >= 11 is 0. The normalized spacial score (nSPS) is 15.8. The Morgan fingerprint density at radius 3 is 2.38 bits per heavy atom. The summed E-state index contributed by atoms with van der Waals surface area (Å²) in [7, 11) is 0. The molecule has 2 aromatic rings. The molecule has 0 saturated heterocycles. The van der Waals surface area contributed by atoms with Crippen LogP contribution in [0, 0.1) is 5.92 Å². The highest BCUT2D eigenvalue weighted by molar-refractivity contribution is 5.27. The standard InChI is InChI=1S/C19H23NO/c21-19-8-4-7-16(13-19)12-17(14-20-18-9-10-18)11-15-5-2-1-3-6-15/h1-8,13,17-18,20-21H,9-12,14H2. The van der Waals surface area contributed by atoms with Crippen LogP contribution in [-0.4, -0.2) is 17.7 Å². The smallest absolute Gasteiger partial charge is 0.115 e. The fourth-order valence-corrected chi connectivity index (χ4v) is 2.80. The van der Waals surface area contributed by atoms with Gasteiger partial charge in [0.05, 0.1) is 0 Å². The molecule has 110 valence electrons. The molecule has 1 aliphatic rings. The maximum Gasteiger partial charge on any atom is 0.115 e. The second-order valence-electron chi connectivity index (χ2n) is 6.11. The monoisotopic (exact) mass is 281 g/mol. The van der Waals surface area contributed by atoms with E-state index in [4.69, 9.17) is 0 Å². The molecule has 2 aromatic carbocycles. The number of benzene rings is 2. The van der Waals surface area contributed by atoms with E-state index in [-0.39, 0.29) is 0 Å². The Morgan fingerprint density at radius 1 is 0.952 bits per heavy atom. The number of rotatable bonds is 7. The van der Waals surface area contributed by atoms with Crippen LogP contribution in [0.4, 0.5) is 0 Å². The summed E-state index contributed by atoms with van der Waals surface area (Å²) < 4.78 is 0. The van der Waals surface area contributed by atoms with E-state index in [2.05, 4.69) is 41.7 Å². The van der Waals surface area contributed by atoms with Crippen molar-refractivity contribution in [3.63, 3.8) is 0 Å². The van der Waals surface area contributed by atoms with Gasteiger partial charge in [-0.3, -0.25) is 0 Å². The Labute approximate surface area is 126 Å². The highest BCUT2D eigenvalue weighted by Crippen LogP contribution is 2.21. The Kier molecular flexibility index (Phi) is 4.56. The van der Waals surface area contributed by atoms with Gasteiger partial charge in [-0.25, -0.2) is 0 Å². The predicted molar refractivity (Wildman–Crippen MR) is 86.5 cm³/mol. The van der Waals surface area contributed by atoms with Crippen molar-refractivity contribution in [2.24, 2.45) is 5.92 Å². The van der Waals surface area contributed by atoms with E-state index in [1.54, 1.807) is 6.07 Å². The summed E-state index contributed by atoms with van der Waals surface area (Å²) in [6, 6.07) is 19.1. The summed E-state index contributed by atoms with van der Waals surface area (Å²) in [6.45, 7) is 1.05. The van der Waals surface area contributed by atoms with Gasteiger partial charge in [-0.05, 0) is 61.4 Å². The molecule has 1 saturated carbocycles. The quantitative estimate of drug-likeness (QED) is 0.813. The van der Waals surface area contributed by atoms with Crippen LogP contribution in [0.3, 0.4) is 0 Å². The second kappa shape index (κ2) is 6.77. The van der Waals surface area contributed by atoms with Crippen LogP contribution in [0.5, 0.6) is 5.75 Å². The number of nitrogens with one attached hydrogen (secondary N) is 1. The van der Waals surface area contributed by atoms with Crippen molar-refractivity contribution in [1.29, 1.82) is 0 Å². The minimum absolute atomic E-state index is 0.362. The van der Waals surface area contributed by atoms with E-state index in [0.717, 1.165) is 25.4 Å². The topological polar surface area (TPSA) is 32.3 Å². The van der Waals surface area contributed by atoms with E-state index in [1.165, 1.54) is 24.0 Å². The lowest BCUT2D eigenvalue weighted by molar-refractivity contribution is 0.460. The molecule has 21 heavy (non-hydrogen) atoms. The van der Waals surface area contributed by atoms with Gasteiger partial charge in [0, 0.05) is 6.04 Å². The first-order valence-corrected chi connectivity index (χ1v) is 7.85. The van der Waals surface area contributed by atoms with Gasteiger partial charge in [0.1, 0.15) is 5.75 Å². The third-order valence-electron chi connectivity index (χ3n) is 4.07. The van der Waals surface area contributed by atoms with Crippen LogP contribution in [0.25, 0.3) is 0 Å². The highest BCUT2D eigenvalue weighted by atomic mass is 16.3. The van der Waals surface area contributed by atoms with Gasteiger partial charge in [-0.15, -0.1) is 0 Å². The Morgan fingerprint density at radius 2 is 1.67 bits per heavy atom. The number of hydrogen-bond donors (Lipinski definition) is 2. The summed E-state index contributed by atoms with van der Waals surface area (Å²) in [6.07, 6.45) is 4.73. The molecule has 1 fully saturated rings. The van der Waals surface area contributed by atoms with Gasteiger partial charge in [0.25, 0.3) is 0 Å². The van der Waals surface area contributed by atoms with Gasteiger partial charge >= 0.3 is 0 Å². The lowest BCUT2D eigenvalue weighted by Crippen LogP contribution is -2.27. The molecule has 2 N–H and O–H groups in total. The average Bonchev–Trinajstić information content (AvgIpc) is 3.30. The first kappa shape index (κ1) is 14.2. The molecule has 0 aliphatic heterocycles. The van der Waals surface area contributed by atoms with Gasteiger partial charge in [0.15, 0.2) is 0 Å². The van der Waals surface area contributed by atoms with E-state index >= 15 is 0 Å². The maximum absolute atomic E-state index is 9.63. The average molecular weight is 281 g/mol. The molecule has 2 nitrogen and oxygen atoms in total. The summed E-state index contributed by atoms with van der Waals surface area (Å²) in [5.41, 5.74) is 2.61. The molecule has 1 unspecified atom stereocenters. The lowest BCUT2D eigenvalue weighted by Gasteiger charge is -2.18. The fourth-order valence-electron chi connectivity index (χ4n) is 2.80. The SMILES string of the molecule is Oc1cccc(CC(CNC2CC2)Cc2ccccc2)c1. The maximum atomic E-state index is 9.63. The zero-order valence-corrected chi connectivity index (χ0v) is 12.3. The Bertz CT molecular complexity index is 563. The molecule has 0 aromatic heterocycles. The minimum Gasteiger partial charge on any atom is -0.508 e. The van der Waals surface area contributed by atoms with Gasteiger partial charge in [0.2, 0.25) is 0 Å². The van der Waals surface area contributed by atoms with Crippen molar-refractivity contribution >= 4 is 0 Å². The van der Waals surface area contributed by atoms with Gasteiger partial charge < -0.3 is 10.4 Å². The van der Waals surface area contributed by atoms with Crippen LogP contribution in [0.1, 0.15) is 24.0 Å². The summed E-state index contributed by atoms with van der Waals surface area (Å²) in [5.74, 6) is 0.927. The highest BCUT2D eigenvalue weighted by Gasteiger charge is 2.22. The fraction of sp³-hybridized carbons (Fsp3) is 0.368. The summed E-state index contributed by atoms with van der Waals surface area (Å²) in [4.78, 5) is 0. The molecule has 0 bridgehead atoms. The molecule has 0 radical (unpaired) electrons. The van der Waals surface area contributed by atoms with E-state index in [9.17, 15) is 5.11 Å². The molecule has 1 aliphatic carbocycles. The number of phenols is 1. The Hall–Kier alpha value is -1.80. The van der Waals surface area contributed by atoms with Crippen molar-refractivity contribution in [3.8, 4) is 5.75 Å². The molecule has 2 heteroatoms. The van der Waals surface area contributed by atoms with Crippen LogP contribution < -0.4 is 5.32 Å². The van der Waals surface area contributed by atoms with Crippen molar-refractivity contribution < 1.29 is 5.11 Å². The van der Waals surface area contributed by atoms with Crippen molar-refractivity contribution in [2.75, 3.05) is 6.54 Å². The summed E-state index contributed by atoms with van der Waals surface area (Å²) in [5, 5.41) is 13.3. The van der Waals surface area contributed by atoms with Crippen molar-refractivity contribution in [3.05, 3.63) is 65.7 Å². The van der Waals surface area contributed by atoms with Crippen LogP contribution >= 0.6 is 0 Å². The van der Waals surface area contributed by atoms with Crippen LogP contribution in [0.2, 0.25) is 0 Å². The van der Waals surface area contributed by atoms with E-state index in [0.29, 0.717) is 11.7 Å². The molecule has 3 rings (SSSR count). The molecule has 0 heterocycles. The van der Waals surface area contributed by atoms with Gasteiger partial charge in [-0.2, -0.15) is 0 Å². The van der Waals surface area contributed by atoms with Crippen molar-refractivity contribution in [1.82, 2.24) is 5.32 Å². The van der Waals surface area contributed by atoms with E-state index < -0.39 is 0 Å². The van der Waals surface area contributed by atoms with Crippen molar-refractivity contribution in [2.45, 2.75) is 31.7 Å².